The van der Waals surface area contributed by atoms with Gasteiger partial charge in [-0.3, -0.25) is 4.55 Å². The predicted molar refractivity (Wildman–Crippen MR) is 143 cm³/mol. The van der Waals surface area contributed by atoms with Gasteiger partial charge in [0.1, 0.15) is 0 Å². The molecule has 5 heteroatoms. The Kier molecular flexibility index (Phi) is 17.5. The second-order valence-electron chi connectivity index (χ2n) is 9.59. The molecule has 4 nitrogen and oxygen atoms in total. The highest BCUT2D eigenvalue weighted by Crippen LogP contribution is 2.26. The number of hydrogen-bond acceptors (Lipinski definition) is 2. The largest absolute Gasteiger partial charge is 0.359 e. The minimum atomic E-state index is -4.27. The van der Waals surface area contributed by atoms with Gasteiger partial charge in [-0.2, -0.15) is 8.42 Å². The molecule has 33 heavy (non-hydrogen) atoms. The van der Waals surface area contributed by atoms with E-state index in [2.05, 4.69) is 13.8 Å². The molecule has 0 bridgehead atoms. The van der Waals surface area contributed by atoms with Gasteiger partial charge in [0.2, 0.25) is 0 Å². The first-order valence-corrected chi connectivity index (χ1v) is 15.2. The summed E-state index contributed by atoms with van der Waals surface area (Å²) in [6.07, 6.45) is 22.9. The molecular weight excluding hydrogens is 430 g/mol. The van der Waals surface area contributed by atoms with Gasteiger partial charge in [-0.15, -0.1) is 0 Å². The van der Waals surface area contributed by atoms with E-state index in [1.165, 1.54) is 94.2 Å². The summed E-state index contributed by atoms with van der Waals surface area (Å²) in [5.41, 5.74) is 1.67. The summed E-state index contributed by atoms with van der Waals surface area (Å²) in [6.45, 7) is 4.83. The number of benzene rings is 1. The minimum absolute atomic E-state index is 0.351. The van der Waals surface area contributed by atoms with Crippen molar-refractivity contribution >= 4 is 16.0 Å². The van der Waals surface area contributed by atoms with Gasteiger partial charge < -0.3 is 0 Å². The van der Waals surface area contributed by atoms with Crippen LogP contribution >= 0.6 is 0 Å². The molecule has 0 radical (unpaired) electrons. The molecule has 192 valence electrons. The molecule has 0 saturated carbocycles. The monoisotopic (exact) mass is 481 g/mol. The van der Waals surface area contributed by atoms with Gasteiger partial charge in [0.15, 0.2) is 0 Å². The molecule has 1 N–H and O–H groups in total. The number of para-hydroxylation sites is 1. The van der Waals surface area contributed by atoms with Crippen LogP contribution in [0.5, 0.6) is 0 Å². The van der Waals surface area contributed by atoms with Crippen LogP contribution in [0.1, 0.15) is 135 Å². The van der Waals surface area contributed by atoms with Crippen LogP contribution < -0.4 is 4.31 Å². The SMILES string of the molecule is CCCCCCCCCCCc1ccccc1N(CCCCCCCCCCC)S(=O)(=O)O. The van der Waals surface area contributed by atoms with Gasteiger partial charge in [-0.05, 0) is 30.9 Å². The Bertz CT molecular complexity index is 690. The summed E-state index contributed by atoms with van der Waals surface area (Å²) in [5.74, 6) is 0. The van der Waals surface area contributed by atoms with Crippen LogP contribution in [-0.2, 0) is 16.7 Å². The summed E-state index contributed by atoms with van der Waals surface area (Å²) < 4.78 is 35.4. The zero-order valence-corrected chi connectivity index (χ0v) is 22.4. The van der Waals surface area contributed by atoms with E-state index in [9.17, 15) is 13.0 Å². The molecule has 0 aliphatic heterocycles. The zero-order valence-electron chi connectivity index (χ0n) is 21.6. The molecule has 0 aliphatic rings. The Hall–Kier alpha value is -1.07. The molecule has 0 aromatic heterocycles. The predicted octanol–water partition coefficient (Wildman–Crippen LogP) is 8.90. The molecule has 0 unspecified atom stereocenters. The van der Waals surface area contributed by atoms with Crippen molar-refractivity contribution in [3.8, 4) is 0 Å². The standard InChI is InChI=1S/C28H51NO3S/c1-3-5-7-9-11-13-15-17-19-23-27-24-20-21-25-28(27)29(33(30,31)32)26-22-18-16-14-12-10-8-6-4-2/h20-21,24-25H,3-19,22-23,26H2,1-2H3,(H,30,31,32). The average molecular weight is 482 g/mol. The Morgan fingerprint density at radius 1 is 0.636 bits per heavy atom. The lowest BCUT2D eigenvalue weighted by atomic mass is 10.0. The third-order valence-corrected chi connectivity index (χ3v) is 7.49. The average Bonchev–Trinajstić information content (AvgIpc) is 2.79. The van der Waals surface area contributed by atoms with E-state index in [4.69, 9.17) is 0 Å². The Balaban J connectivity index is 2.43. The van der Waals surface area contributed by atoms with Gasteiger partial charge in [0.25, 0.3) is 0 Å². The molecule has 0 fully saturated rings. The van der Waals surface area contributed by atoms with Crippen molar-refractivity contribution in [2.24, 2.45) is 0 Å². The first-order valence-electron chi connectivity index (χ1n) is 13.8. The van der Waals surface area contributed by atoms with Gasteiger partial charge in [0, 0.05) is 6.54 Å². The highest BCUT2D eigenvalue weighted by atomic mass is 32.2. The first-order chi connectivity index (χ1) is 16.0. The maximum atomic E-state index is 12.2. The Labute approximate surface area is 205 Å². The highest BCUT2D eigenvalue weighted by molar-refractivity contribution is 7.87. The van der Waals surface area contributed by atoms with Crippen LogP contribution in [0.4, 0.5) is 5.69 Å². The van der Waals surface area contributed by atoms with Crippen molar-refractivity contribution in [2.75, 3.05) is 10.8 Å². The molecule has 0 heterocycles. The van der Waals surface area contributed by atoms with Gasteiger partial charge >= 0.3 is 10.3 Å². The topological polar surface area (TPSA) is 57.6 Å². The zero-order chi connectivity index (χ0) is 24.2. The van der Waals surface area contributed by atoms with Crippen molar-refractivity contribution < 1.29 is 13.0 Å². The minimum Gasteiger partial charge on any atom is -0.269 e. The van der Waals surface area contributed by atoms with Crippen LogP contribution in [0.15, 0.2) is 24.3 Å². The lowest BCUT2D eigenvalue weighted by Gasteiger charge is -2.23. The summed E-state index contributed by atoms with van der Waals surface area (Å²) in [7, 11) is -4.27. The number of hydrogen-bond donors (Lipinski definition) is 1. The maximum absolute atomic E-state index is 12.2. The quantitative estimate of drug-likeness (QED) is 0.133. The lowest BCUT2D eigenvalue weighted by Crippen LogP contribution is -2.32. The van der Waals surface area contributed by atoms with Crippen molar-refractivity contribution in [1.82, 2.24) is 0 Å². The molecule has 0 saturated heterocycles. The number of unbranched alkanes of at least 4 members (excludes halogenated alkanes) is 16. The van der Waals surface area contributed by atoms with Crippen LogP contribution in [0.3, 0.4) is 0 Å². The van der Waals surface area contributed by atoms with Crippen LogP contribution in [0, 0.1) is 0 Å². The smallest absolute Gasteiger partial charge is 0.269 e. The first kappa shape index (κ1) is 30.0. The van der Waals surface area contributed by atoms with E-state index in [1.54, 1.807) is 0 Å². The molecular formula is C28H51NO3S. The summed E-state index contributed by atoms with van der Waals surface area (Å²) in [4.78, 5) is 0. The van der Waals surface area contributed by atoms with Crippen molar-refractivity contribution in [2.45, 2.75) is 136 Å². The molecule has 1 aromatic carbocycles. The van der Waals surface area contributed by atoms with Crippen LogP contribution in [0.25, 0.3) is 0 Å². The highest BCUT2D eigenvalue weighted by Gasteiger charge is 2.21. The van der Waals surface area contributed by atoms with Crippen LogP contribution in [-0.4, -0.2) is 19.5 Å². The molecule has 0 spiro atoms. The number of aryl methyl sites for hydroxylation is 1. The lowest BCUT2D eigenvalue weighted by molar-refractivity contribution is 0.475. The van der Waals surface area contributed by atoms with E-state index in [0.29, 0.717) is 12.2 Å². The molecule has 1 rings (SSSR count). The van der Waals surface area contributed by atoms with Crippen molar-refractivity contribution in [1.29, 1.82) is 0 Å². The van der Waals surface area contributed by atoms with Gasteiger partial charge in [-0.25, -0.2) is 4.31 Å². The second-order valence-corrected chi connectivity index (χ2v) is 10.9. The van der Waals surface area contributed by atoms with Crippen molar-refractivity contribution in [3.05, 3.63) is 29.8 Å². The number of rotatable bonds is 22. The molecule has 0 amide bonds. The van der Waals surface area contributed by atoms with Gasteiger partial charge in [-0.1, -0.05) is 135 Å². The third kappa shape index (κ3) is 14.7. The summed E-state index contributed by atoms with van der Waals surface area (Å²) in [5, 5.41) is 0. The normalized spacial score (nSPS) is 11.7. The number of nitrogens with zero attached hydrogens (tertiary/aromatic N) is 1. The van der Waals surface area contributed by atoms with E-state index in [-0.39, 0.29) is 0 Å². The molecule has 0 atom stereocenters. The summed E-state index contributed by atoms with van der Waals surface area (Å²) >= 11 is 0. The maximum Gasteiger partial charge on any atom is 0.359 e. The van der Waals surface area contributed by atoms with Crippen LogP contribution in [0.2, 0.25) is 0 Å². The van der Waals surface area contributed by atoms with E-state index in [0.717, 1.165) is 37.7 Å². The fraction of sp³-hybridized carbons (Fsp3) is 0.786. The Morgan fingerprint density at radius 3 is 1.55 bits per heavy atom. The third-order valence-electron chi connectivity index (χ3n) is 6.55. The second kappa shape index (κ2) is 19.3. The van der Waals surface area contributed by atoms with E-state index in [1.807, 2.05) is 24.3 Å². The summed E-state index contributed by atoms with van der Waals surface area (Å²) in [6, 6.07) is 7.68. The fourth-order valence-electron chi connectivity index (χ4n) is 4.52. The number of anilines is 1. The van der Waals surface area contributed by atoms with E-state index >= 15 is 0 Å². The van der Waals surface area contributed by atoms with Crippen molar-refractivity contribution in [3.63, 3.8) is 0 Å². The van der Waals surface area contributed by atoms with Gasteiger partial charge in [0.05, 0.1) is 5.69 Å². The molecule has 1 aromatic rings. The Morgan fingerprint density at radius 2 is 1.06 bits per heavy atom. The fourth-order valence-corrected chi connectivity index (χ4v) is 5.30. The molecule has 0 aliphatic carbocycles. The van der Waals surface area contributed by atoms with E-state index < -0.39 is 10.3 Å².